The van der Waals surface area contributed by atoms with E-state index >= 15 is 0 Å². The van der Waals surface area contributed by atoms with E-state index in [1.807, 2.05) is 0 Å². The molecule has 0 aliphatic heterocycles. The van der Waals surface area contributed by atoms with Crippen LogP contribution in [0.3, 0.4) is 0 Å². The summed E-state index contributed by atoms with van der Waals surface area (Å²) in [7, 11) is 0. The highest BCUT2D eigenvalue weighted by atomic mass is 16.6. The third-order valence-electron chi connectivity index (χ3n) is 15.9. The highest BCUT2D eigenvalue weighted by Crippen LogP contribution is 2.18. The lowest BCUT2D eigenvalue weighted by molar-refractivity contribution is -0.167. The summed E-state index contributed by atoms with van der Waals surface area (Å²) in [5.74, 6) is -0.858. The van der Waals surface area contributed by atoms with Crippen LogP contribution in [0.4, 0.5) is 0 Å². The Hall–Kier alpha value is -3.41. The van der Waals surface area contributed by atoms with Gasteiger partial charge in [-0.05, 0) is 96.3 Å². The molecule has 480 valence electrons. The molecule has 1 unspecified atom stereocenters. The van der Waals surface area contributed by atoms with Gasteiger partial charge in [-0.1, -0.05) is 337 Å². The number of hydrogen-bond acceptors (Lipinski definition) is 6. The van der Waals surface area contributed by atoms with E-state index in [4.69, 9.17) is 14.2 Å². The average molecular weight is 1160 g/mol. The van der Waals surface area contributed by atoms with Gasteiger partial charge in [-0.25, -0.2) is 0 Å². The van der Waals surface area contributed by atoms with Crippen LogP contribution in [0, 0.1) is 0 Å². The molecule has 0 aromatic heterocycles. The molecule has 0 radical (unpaired) electrons. The second kappa shape index (κ2) is 71.1. The molecular formula is C77H136O6. The summed E-state index contributed by atoms with van der Waals surface area (Å²) < 4.78 is 17.0. The summed E-state index contributed by atoms with van der Waals surface area (Å²) >= 11 is 0. The summed E-state index contributed by atoms with van der Waals surface area (Å²) in [6.07, 6.45) is 94.7. The molecule has 0 bridgehead atoms. The van der Waals surface area contributed by atoms with Gasteiger partial charge in [0.25, 0.3) is 0 Å². The van der Waals surface area contributed by atoms with Gasteiger partial charge in [-0.15, -0.1) is 0 Å². The van der Waals surface area contributed by atoms with E-state index in [9.17, 15) is 14.4 Å². The van der Waals surface area contributed by atoms with Crippen LogP contribution in [-0.2, 0) is 28.6 Å². The van der Waals surface area contributed by atoms with Crippen molar-refractivity contribution in [2.75, 3.05) is 13.2 Å². The summed E-state index contributed by atoms with van der Waals surface area (Å²) in [5, 5.41) is 0. The minimum atomic E-state index is -0.779. The van der Waals surface area contributed by atoms with Crippen LogP contribution < -0.4 is 0 Å². The fourth-order valence-electron chi connectivity index (χ4n) is 10.5. The zero-order valence-corrected chi connectivity index (χ0v) is 55.2. The van der Waals surface area contributed by atoms with Crippen molar-refractivity contribution in [1.29, 1.82) is 0 Å². The molecule has 0 saturated heterocycles. The van der Waals surface area contributed by atoms with E-state index in [0.717, 1.165) is 96.3 Å². The van der Waals surface area contributed by atoms with Crippen LogP contribution in [-0.4, -0.2) is 37.2 Å². The molecule has 1 atom stereocenters. The fraction of sp³-hybridized carbons (Fsp3) is 0.779. The monoisotopic (exact) mass is 1160 g/mol. The lowest BCUT2D eigenvalue weighted by atomic mass is 10.0. The SMILES string of the molecule is CC/C=C\C/C=C\C/C=C\C/C=C\CCCCCCCCCCCCC(=O)OC(COC(=O)CCCCCCCCCCCCCCC)COC(=O)CCCCCCCCCCCCCCCC/C=C\C/C=C\C/C=C\CCCCCCC. The Balaban J connectivity index is 4.25. The number of esters is 3. The number of carbonyl (C=O) groups excluding carboxylic acids is 3. The Kier molecular flexibility index (Phi) is 68.2. The number of allylic oxidation sites excluding steroid dienone is 14. The smallest absolute Gasteiger partial charge is 0.306 e. The van der Waals surface area contributed by atoms with Gasteiger partial charge in [0, 0.05) is 19.3 Å². The Bertz CT molecular complexity index is 1570. The van der Waals surface area contributed by atoms with Crippen molar-refractivity contribution in [2.45, 2.75) is 374 Å². The van der Waals surface area contributed by atoms with Gasteiger partial charge in [0.05, 0.1) is 0 Å². The van der Waals surface area contributed by atoms with Crippen molar-refractivity contribution in [1.82, 2.24) is 0 Å². The average Bonchev–Trinajstić information content (AvgIpc) is 3.49. The zero-order chi connectivity index (χ0) is 59.9. The van der Waals surface area contributed by atoms with Crippen LogP contribution in [0.15, 0.2) is 85.1 Å². The summed E-state index contributed by atoms with van der Waals surface area (Å²) in [5.41, 5.74) is 0. The van der Waals surface area contributed by atoms with Crippen LogP contribution in [0.1, 0.15) is 367 Å². The molecule has 6 nitrogen and oxygen atoms in total. The summed E-state index contributed by atoms with van der Waals surface area (Å²) in [4.78, 5) is 38.5. The molecule has 0 heterocycles. The van der Waals surface area contributed by atoms with E-state index in [-0.39, 0.29) is 31.1 Å². The number of ether oxygens (including phenoxy) is 3. The maximum atomic E-state index is 13.0. The first-order valence-corrected chi connectivity index (χ1v) is 36.1. The maximum Gasteiger partial charge on any atom is 0.306 e. The van der Waals surface area contributed by atoms with Crippen LogP contribution >= 0.6 is 0 Å². The molecule has 0 rings (SSSR count). The van der Waals surface area contributed by atoms with Gasteiger partial charge in [-0.2, -0.15) is 0 Å². The highest BCUT2D eigenvalue weighted by Gasteiger charge is 2.19. The van der Waals surface area contributed by atoms with Gasteiger partial charge in [-0.3, -0.25) is 14.4 Å². The topological polar surface area (TPSA) is 78.9 Å². The van der Waals surface area contributed by atoms with E-state index in [1.54, 1.807) is 0 Å². The van der Waals surface area contributed by atoms with Crippen molar-refractivity contribution < 1.29 is 28.6 Å². The van der Waals surface area contributed by atoms with Crippen LogP contribution in [0.2, 0.25) is 0 Å². The van der Waals surface area contributed by atoms with Crippen LogP contribution in [0.5, 0.6) is 0 Å². The van der Waals surface area contributed by atoms with Gasteiger partial charge in [0.1, 0.15) is 13.2 Å². The van der Waals surface area contributed by atoms with Crippen molar-refractivity contribution in [3.8, 4) is 0 Å². The Morgan fingerprint density at radius 1 is 0.253 bits per heavy atom. The first-order valence-electron chi connectivity index (χ1n) is 36.1. The minimum absolute atomic E-state index is 0.0739. The van der Waals surface area contributed by atoms with Gasteiger partial charge in [0.15, 0.2) is 6.10 Å². The molecule has 0 amide bonds. The summed E-state index contributed by atoms with van der Waals surface area (Å²) in [6, 6.07) is 0. The van der Waals surface area contributed by atoms with Crippen molar-refractivity contribution >= 4 is 17.9 Å². The van der Waals surface area contributed by atoms with Gasteiger partial charge < -0.3 is 14.2 Å². The largest absolute Gasteiger partial charge is 0.462 e. The van der Waals surface area contributed by atoms with E-state index in [2.05, 4.69) is 106 Å². The van der Waals surface area contributed by atoms with Crippen LogP contribution in [0.25, 0.3) is 0 Å². The Morgan fingerprint density at radius 3 is 0.735 bits per heavy atom. The van der Waals surface area contributed by atoms with E-state index < -0.39 is 6.10 Å². The second-order valence-corrected chi connectivity index (χ2v) is 24.1. The molecule has 0 saturated carbocycles. The highest BCUT2D eigenvalue weighted by molar-refractivity contribution is 5.71. The molecule has 0 fully saturated rings. The van der Waals surface area contributed by atoms with Gasteiger partial charge >= 0.3 is 17.9 Å². The van der Waals surface area contributed by atoms with Gasteiger partial charge in [0.2, 0.25) is 0 Å². The molecule has 0 aliphatic carbocycles. The first-order chi connectivity index (χ1) is 41.0. The zero-order valence-electron chi connectivity index (χ0n) is 55.2. The van der Waals surface area contributed by atoms with Crippen molar-refractivity contribution in [3.05, 3.63) is 85.1 Å². The second-order valence-electron chi connectivity index (χ2n) is 24.1. The van der Waals surface area contributed by atoms with Crippen molar-refractivity contribution in [2.24, 2.45) is 0 Å². The van der Waals surface area contributed by atoms with E-state index in [1.165, 1.54) is 231 Å². The Labute approximate surface area is 515 Å². The predicted molar refractivity (Wildman–Crippen MR) is 362 cm³/mol. The van der Waals surface area contributed by atoms with E-state index in [0.29, 0.717) is 19.3 Å². The number of hydrogen-bond donors (Lipinski definition) is 0. The minimum Gasteiger partial charge on any atom is -0.462 e. The number of unbranched alkanes of at least 4 members (excludes halogenated alkanes) is 41. The Morgan fingerprint density at radius 2 is 0.470 bits per heavy atom. The first kappa shape index (κ1) is 79.6. The number of rotatable bonds is 66. The third-order valence-corrected chi connectivity index (χ3v) is 15.9. The van der Waals surface area contributed by atoms with Crippen molar-refractivity contribution in [3.63, 3.8) is 0 Å². The quantitative estimate of drug-likeness (QED) is 0.0261. The lowest BCUT2D eigenvalue weighted by Gasteiger charge is -2.18. The fourth-order valence-corrected chi connectivity index (χ4v) is 10.5. The summed E-state index contributed by atoms with van der Waals surface area (Å²) in [6.45, 7) is 6.56. The predicted octanol–water partition coefficient (Wildman–Crippen LogP) is 25.0. The molecular weight excluding hydrogens is 1020 g/mol. The maximum absolute atomic E-state index is 13.0. The molecule has 0 N–H and O–H groups in total. The standard InChI is InChI=1S/C77H136O6/c1-4-7-10-13-16-19-22-25-27-29-31-33-35-36-37-38-39-40-42-43-45-47-49-52-55-58-61-64-67-70-76(79)82-73-74(72-81-75(78)69-66-63-60-57-54-51-24-21-18-15-12-9-6-3)83-77(80)71-68-65-62-59-56-53-50-48-46-44-41-34-32-30-28-26-23-20-17-14-11-8-5-2/h8,11,17,20,22,25-26,28-29,31-32,34-36,74H,4-7,9-10,12-16,18-19,21,23-24,27,30,33,37-73H2,1-3H3/b11-8-,20-17-,25-22-,28-26-,31-29-,34-32-,36-35-. The molecule has 0 aromatic rings. The molecule has 6 heteroatoms. The molecule has 83 heavy (non-hydrogen) atoms. The normalized spacial score (nSPS) is 12.6. The lowest BCUT2D eigenvalue weighted by Crippen LogP contribution is -2.30. The molecule has 0 aliphatic rings. The molecule has 0 spiro atoms. The molecule has 0 aromatic carbocycles. The number of carbonyl (C=O) groups is 3. The third kappa shape index (κ3) is 69.3.